The van der Waals surface area contributed by atoms with Crippen LogP contribution in [0.15, 0.2) is 28.7 Å². The summed E-state index contributed by atoms with van der Waals surface area (Å²) in [5.74, 6) is 1.82. The summed E-state index contributed by atoms with van der Waals surface area (Å²) in [5.41, 5.74) is 1.49. The summed E-state index contributed by atoms with van der Waals surface area (Å²) in [4.78, 5) is 0. The molecule has 1 unspecified atom stereocenters. The molecule has 2 fully saturated rings. The monoisotopic (exact) mass is 335 g/mol. The van der Waals surface area contributed by atoms with Crippen LogP contribution in [0.5, 0.6) is 0 Å². The van der Waals surface area contributed by atoms with Crippen molar-refractivity contribution < 1.29 is 0 Å². The molecule has 1 aromatic rings. The van der Waals surface area contributed by atoms with Crippen molar-refractivity contribution >= 4 is 15.9 Å². The lowest BCUT2D eigenvalue weighted by Crippen LogP contribution is -2.27. The molecule has 1 atom stereocenters. The first kappa shape index (κ1) is 14.6. The van der Waals surface area contributed by atoms with E-state index in [1.807, 2.05) is 0 Å². The van der Waals surface area contributed by atoms with Crippen LogP contribution in [0.2, 0.25) is 0 Å². The highest BCUT2D eigenvalue weighted by molar-refractivity contribution is 9.10. The van der Waals surface area contributed by atoms with Crippen molar-refractivity contribution in [1.82, 2.24) is 5.32 Å². The zero-order valence-corrected chi connectivity index (χ0v) is 13.9. The van der Waals surface area contributed by atoms with Gasteiger partial charge in [0.15, 0.2) is 0 Å². The first-order valence-electron chi connectivity index (χ1n) is 8.27. The van der Waals surface area contributed by atoms with Gasteiger partial charge in [0.25, 0.3) is 0 Å². The topological polar surface area (TPSA) is 12.0 Å². The summed E-state index contributed by atoms with van der Waals surface area (Å²) in [5, 5.41) is 3.75. The number of hydrogen-bond acceptors (Lipinski definition) is 1. The fourth-order valence-corrected chi connectivity index (χ4v) is 3.80. The fourth-order valence-electron chi connectivity index (χ4n) is 3.53. The predicted molar refractivity (Wildman–Crippen MR) is 88.9 cm³/mol. The van der Waals surface area contributed by atoms with Crippen LogP contribution < -0.4 is 5.32 Å². The molecule has 2 aliphatic carbocycles. The lowest BCUT2D eigenvalue weighted by molar-refractivity contribution is 0.356. The zero-order valence-electron chi connectivity index (χ0n) is 12.3. The highest BCUT2D eigenvalue weighted by atomic mass is 79.9. The lowest BCUT2D eigenvalue weighted by atomic mass is 9.88. The van der Waals surface area contributed by atoms with Gasteiger partial charge in [-0.05, 0) is 61.8 Å². The van der Waals surface area contributed by atoms with E-state index in [2.05, 4.69) is 45.5 Å². The molecule has 2 saturated carbocycles. The Morgan fingerprint density at radius 1 is 1.05 bits per heavy atom. The summed E-state index contributed by atoms with van der Waals surface area (Å²) in [6.45, 7) is 1.22. The third-order valence-corrected chi connectivity index (χ3v) is 5.38. The maximum atomic E-state index is 3.75. The van der Waals surface area contributed by atoms with Crippen LogP contribution in [0.25, 0.3) is 0 Å². The van der Waals surface area contributed by atoms with Crippen molar-refractivity contribution in [2.24, 2.45) is 11.8 Å². The van der Waals surface area contributed by atoms with Crippen molar-refractivity contribution in [2.75, 3.05) is 6.54 Å². The van der Waals surface area contributed by atoms with E-state index < -0.39 is 0 Å². The third-order valence-electron chi connectivity index (χ3n) is 4.85. The molecule has 0 heterocycles. The largest absolute Gasteiger partial charge is 0.314 e. The molecule has 0 amide bonds. The van der Waals surface area contributed by atoms with Gasteiger partial charge in [-0.1, -0.05) is 53.7 Å². The molecule has 0 radical (unpaired) electrons. The summed E-state index contributed by atoms with van der Waals surface area (Å²) in [6.07, 6.45) is 11.3. The van der Waals surface area contributed by atoms with Gasteiger partial charge in [-0.15, -0.1) is 0 Å². The smallest absolute Gasteiger partial charge is 0.0175 e. The van der Waals surface area contributed by atoms with Crippen LogP contribution >= 0.6 is 15.9 Å². The minimum absolute atomic E-state index is 0.819. The second kappa shape index (κ2) is 7.09. The van der Waals surface area contributed by atoms with Crippen molar-refractivity contribution in [1.29, 1.82) is 0 Å². The van der Waals surface area contributed by atoms with E-state index in [1.54, 1.807) is 0 Å². The molecule has 2 heteroatoms. The second-order valence-electron chi connectivity index (χ2n) is 6.77. The first-order valence-corrected chi connectivity index (χ1v) is 9.07. The Bertz CT molecular complexity index is 404. The molecular formula is C18H26BrN. The van der Waals surface area contributed by atoms with Gasteiger partial charge in [-0.25, -0.2) is 0 Å². The number of benzene rings is 1. The molecule has 0 bridgehead atoms. The molecule has 0 aliphatic heterocycles. The summed E-state index contributed by atoms with van der Waals surface area (Å²) >= 11 is 3.53. The van der Waals surface area contributed by atoms with E-state index in [1.165, 1.54) is 67.9 Å². The van der Waals surface area contributed by atoms with Crippen LogP contribution in [0, 0.1) is 11.8 Å². The van der Waals surface area contributed by atoms with Gasteiger partial charge in [-0.2, -0.15) is 0 Å². The average molecular weight is 336 g/mol. The Labute approximate surface area is 131 Å². The molecular weight excluding hydrogens is 310 g/mol. The molecule has 20 heavy (non-hydrogen) atoms. The van der Waals surface area contributed by atoms with E-state index >= 15 is 0 Å². The van der Waals surface area contributed by atoms with E-state index in [0.29, 0.717) is 0 Å². The van der Waals surface area contributed by atoms with Gasteiger partial charge < -0.3 is 5.32 Å². The molecule has 1 nitrogen and oxygen atoms in total. The van der Waals surface area contributed by atoms with Crippen molar-refractivity contribution in [3.8, 4) is 0 Å². The maximum absolute atomic E-state index is 3.75. The van der Waals surface area contributed by atoms with Gasteiger partial charge in [0.2, 0.25) is 0 Å². The molecule has 0 aromatic heterocycles. The number of hydrogen-bond donors (Lipinski definition) is 1. The third kappa shape index (κ3) is 4.60. The lowest BCUT2D eigenvalue weighted by Gasteiger charge is -2.21. The average Bonchev–Trinajstić information content (AvgIpc) is 3.15. The van der Waals surface area contributed by atoms with E-state index in [4.69, 9.17) is 0 Å². The molecule has 0 saturated heterocycles. The van der Waals surface area contributed by atoms with Crippen molar-refractivity contribution in [2.45, 2.75) is 57.4 Å². The van der Waals surface area contributed by atoms with Crippen LogP contribution in [0.4, 0.5) is 0 Å². The van der Waals surface area contributed by atoms with Gasteiger partial charge in [0.05, 0.1) is 0 Å². The second-order valence-corrected chi connectivity index (χ2v) is 7.68. The molecule has 2 aliphatic rings. The van der Waals surface area contributed by atoms with Crippen LogP contribution in [0.1, 0.15) is 50.5 Å². The Morgan fingerprint density at radius 2 is 1.75 bits per heavy atom. The van der Waals surface area contributed by atoms with Crippen LogP contribution in [-0.2, 0) is 6.42 Å². The van der Waals surface area contributed by atoms with E-state index in [0.717, 1.165) is 17.9 Å². The molecule has 1 N–H and O–H groups in total. The fraction of sp³-hybridized carbons (Fsp3) is 0.667. The Kier molecular flexibility index (Phi) is 5.17. The molecule has 1 aromatic carbocycles. The Morgan fingerprint density at radius 3 is 2.40 bits per heavy atom. The van der Waals surface area contributed by atoms with E-state index in [9.17, 15) is 0 Å². The standard InChI is InChI=1S/C18H26BrN/c19-17-7-5-15(6-8-17)12-16(13-20-18-9-10-18)11-14-3-1-2-4-14/h5-8,14,16,18,20H,1-4,9-13H2. The highest BCUT2D eigenvalue weighted by Gasteiger charge is 2.24. The number of rotatable bonds is 7. The summed E-state index contributed by atoms with van der Waals surface area (Å²) in [7, 11) is 0. The van der Waals surface area contributed by atoms with Gasteiger partial charge >= 0.3 is 0 Å². The zero-order chi connectivity index (χ0) is 13.8. The number of nitrogens with one attached hydrogen (secondary N) is 1. The predicted octanol–water partition coefficient (Wildman–Crippen LogP) is 4.94. The SMILES string of the molecule is Brc1ccc(CC(CNC2CC2)CC2CCCC2)cc1. The summed E-state index contributed by atoms with van der Waals surface area (Å²) in [6, 6.07) is 9.75. The van der Waals surface area contributed by atoms with Gasteiger partial charge in [0, 0.05) is 10.5 Å². The Balaban J connectivity index is 1.55. The minimum Gasteiger partial charge on any atom is -0.314 e. The summed E-state index contributed by atoms with van der Waals surface area (Å²) < 4.78 is 1.18. The minimum atomic E-state index is 0.819. The molecule has 110 valence electrons. The normalized spacial score (nSPS) is 21.2. The van der Waals surface area contributed by atoms with Crippen LogP contribution in [0.3, 0.4) is 0 Å². The highest BCUT2D eigenvalue weighted by Crippen LogP contribution is 2.32. The van der Waals surface area contributed by atoms with Crippen molar-refractivity contribution in [3.05, 3.63) is 34.3 Å². The van der Waals surface area contributed by atoms with Gasteiger partial charge in [0.1, 0.15) is 0 Å². The number of halogens is 1. The quantitative estimate of drug-likeness (QED) is 0.744. The molecule has 0 spiro atoms. The first-order chi connectivity index (χ1) is 9.79. The van der Waals surface area contributed by atoms with Gasteiger partial charge in [-0.3, -0.25) is 0 Å². The van der Waals surface area contributed by atoms with Crippen LogP contribution in [-0.4, -0.2) is 12.6 Å². The maximum Gasteiger partial charge on any atom is 0.0175 e. The molecule has 3 rings (SSSR count). The van der Waals surface area contributed by atoms with E-state index in [-0.39, 0.29) is 0 Å². The Hall–Kier alpha value is -0.340. The van der Waals surface area contributed by atoms with Crippen molar-refractivity contribution in [3.63, 3.8) is 0 Å².